The second-order valence-corrected chi connectivity index (χ2v) is 8.67. The van der Waals surface area contributed by atoms with Crippen LogP contribution in [0, 0.1) is 0 Å². The molecule has 0 bridgehead atoms. The third-order valence-electron chi connectivity index (χ3n) is 6.07. The zero-order valence-corrected chi connectivity index (χ0v) is 20.5. The second kappa shape index (κ2) is 11.4. The number of carbonyl (C=O) groups excluding carboxylic acids is 1. The van der Waals surface area contributed by atoms with Gasteiger partial charge >= 0.3 is 0 Å². The fourth-order valence-corrected chi connectivity index (χ4v) is 4.37. The van der Waals surface area contributed by atoms with Crippen LogP contribution in [0.2, 0.25) is 5.02 Å². The molecule has 0 radical (unpaired) electrons. The van der Waals surface area contributed by atoms with Gasteiger partial charge in [-0.15, -0.1) is 0 Å². The first kappa shape index (κ1) is 24.1. The zero-order chi connectivity index (χ0) is 23.9. The lowest BCUT2D eigenvalue weighted by Crippen LogP contribution is -2.25. The summed E-state index contributed by atoms with van der Waals surface area (Å²) >= 11 is 6.39. The van der Waals surface area contributed by atoms with E-state index in [-0.39, 0.29) is 5.78 Å². The van der Waals surface area contributed by atoms with E-state index in [0.29, 0.717) is 40.5 Å². The van der Waals surface area contributed by atoms with Gasteiger partial charge in [0.2, 0.25) is 0 Å². The summed E-state index contributed by atoms with van der Waals surface area (Å²) in [5, 5.41) is 1.24. The van der Waals surface area contributed by atoms with Crippen molar-refractivity contribution in [2.45, 2.75) is 26.7 Å². The predicted molar refractivity (Wildman–Crippen MR) is 138 cm³/mol. The van der Waals surface area contributed by atoms with Crippen LogP contribution in [0.25, 0.3) is 11.0 Å². The van der Waals surface area contributed by atoms with Crippen LogP contribution in [0.3, 0.4) is 0 Å². The molecule has 0 aliphatic rings. The molecular weight excluding hydrogens is 446 g/mol. The highest BCUT2D eigenvalue weighted by Crippen LogP contribution is 2.34. The molecule has 0 aliphatic carbocycles. The molecule has 0 aliphatic heterocycles. The number of rotatable bonds is 11. The van der Waals surface area contributed by atoms with Gasteiger partial charge in [-0.3, -0.25) is 4.79 Å². The highest BCUT2D eigenvalue weighted by atomic mass is 35.5. The van der Waals surface area contributed by atoms with E-state index < -0.39 is 0 Å². The Balaban J connectivity index is 1.54. The molecule has 0 N–H and O–H groups in total. The molecule has 0 atom stereocenters. The third kappa shape index (κ3) is 5.52. The Morgan fingerprint density at radius 2 is 1.68 bits per heavy atom. The molecular formula is C29H30ClNO3. The van der Waals surface area contributed by atoms with Crippen LogP contribution in [0.1, 0.15) is 47.5 Å². The number of furan rings is 1. The molecule has 4 nitrogen and oxygen atoms in total. The zero-order valence-electron chi connectivity index (χ0n) is 19.7. The van der Waals surface area contributed by atoms with Crippen LogP contribution in [-0.4, -0.2) is 36.9 Å². The minimum Gasteiger partial charge on any atom is -0.494 e. The van der Waals surface area contributed by atoms with Gasteiger partial charge in [-0.2, -0.15) is 0 Å². The Labute approximate surface area is 206 Å². The second-order valence-electron chi connectivity index (χ2n) is 8.26. The molecule has 4 aromatic rings. The highest BCUT2D eigenvalue weighted by molar-refractivity contribution is 6.35. The van der Waals surface area contributed by atoms with Crippen LogP contribution < -0.4 is 4.74 Å². The maximum absolute atomic E-state index is 13.6. The standard InChI is InChI=1S/C29H30ClNO3/c1-3-31(4-2)18-9-19-33-23-16-14-22(15-17-23)28(32)27-24-12-8-13-25(30)29(24)34-26(27)20-21-10-6-5-7-11-21/h5-8,10-17H,3-4,9,18-20H2,1-2H3. The largest absolute Gasteiger partial charge is 0.494 e. The van der Waals surface area contributed by atoms with Crippen molar-refractivity contribution < 1.29 is 13.9 Å². The summed E-state index contributed by atoms with van der Waals surface area (Å²) in [5.41, 5.74) is 2.77. The molecule has 176 valence electrons. The molecule has 0 saturated heterocycles. The average Bonchev–Trinajstić information content (AvgIpc) is 3.24. The van der Waals surface area contributed by atoms with Crippen LogP contribution in [0.5, 0.6) is 5.75 Å². The first-order valence-corrected chi connectivity index (χ1v) is 12.2. The summed E-state index contributed by atoms with van der Waals surface area (Å²) in [6, 6.07) is 22.8. The summed E-state index contributed by atoms with van der Waals surface area (Å²) in [7, 11) is 0. The van der Waals surface area contributed by atoms with Gasteiger partial charge in [0.1, 0.15) is 11.5 Å². The van der Waals surface area contributed by atoms with E-state index in [1.54, 1.807) is 6.07 Å². The van der Waals surface area contributed by atoms with Crippen molar-refractivity contribution in [3.63, 3.8) is 0 Å². The van der Waals surface area contributed by atoms with Crippen molar-refractivity contribution >= 4 is 28.4 Å². The molecule has 34 heavy (non-hydrogen) atoms. The maximum atomic E-state index is 13.6. The normalized spacial score (nSPS) is 11.3. The number of halogens is 1. The van der Waals surface area contributed by atoms with Gasteiger partial charge in [-0.1, -0.05) is 67.9 Å². The molecule has 0 spiro atoms. The number of hydrogen-bond acceptors (Lipinski definition) is 4. The van der Waals surface area contributed by atoms with E-state index in [1.807, 2.05) is 66.7 Å². The molecule has 0 fully saturated rings. The number of carbonyl (C=O) groups is 1. The van der Waals surface area contributed by atoms with Crippen LogP contribution in [0.4, 0.5) is 0 Å². The summed E-state index contributed by atoms with van der Waals surface area (Å²) in [6.07, 6.45) is 1.48. The molecule has 1 heterocycles. The number of para-hydroxylation sites is 1. The Kier molecular flexibility index (Phi) is 8.04. The summed E-state index contributed by atoms with van der Waals surface area (Å²) < 4.78 is 12.0. The fourth-order valence-electron chi connectivity index (χ4n) is 4.15. The fraction of sp³-hybridized carbons (Fsp3) is 0.276. The van der Waals surface area contributed by atoms with Crippen LogP contribution >= 0.6 is 11.6 Å². The van der Waals surface area contributed by atoms with Gasteiger partial charge in [0, 0.05) is 23.9 Å². The maximum Gasteiger partial charge on any atom is 0.197 e. The van der Waals surface area contributed by atoms with Gasteiger partial charge in [0.15, 0.2) is 11.4 Å². The molecule has 0 unspecified atom stereocenters. The van der Waals surface area contributed by atoms with E-state index in [0.717, 1.165) is 42.8 Å². The Morgan fingerprint density at radius 1 is 0.941 bits per heavy atom. The van der Waals surface area contributed by atoms with Crippen LogP contribution in [0.15, 0.2) is 77.2 Å². The summed E-state index contributed by atoms with van der Waals surface area (Å²) in [6.45, 7) is 8.10. The molecule has 0 saturated carbocycles. The number of nitrogens with zero attached hydrogens (tertiary/aromatic N) is 1. The SMILES string of the molecule is CCN(CC)CCCOc1ccc(C(=O)c2c(Cc3ccccc3)oc3c(Cl)cccc23)cc1. The molecule has 1 aromatic heterocycles. The minimum absolute atomic E-state index is 0.0833. The van der Waals surface area contributed by atoms with Gasteiger partial charge in [0.25, 0.3) is 0 Å². The third-order valence-corrected chi connectivity index (χ3v) is 6.37. The van der Waals surface area contributed by atoms with Gasteiger partial charge in [0.05, 0.1) is 17.2 Å². The van der Waals surface area contributed by atoms with Crippen molar-refractivity contribution in [2.24, 2.45) is 0 Å². The average molecular weight is 476 g/mol. The van der Waals surface area contributed by atoms with Crippen molar-refractivity contribution in [2.75, 3.05) is 26.2 Å². The minimum atomic E-state index is -0.0833. The smallest absolute Gasteiger partial charge is 0.197 e. The number of ketones is 1. The number of hydrogen-bond donors (Lipinski definition) is 0. The lowest BCUT2D eigenvalue weighted by atomic mass is 9.97. The van der Waals surface area contributed by atoms with E-state index >= 15 is 0 Å². The molecule has 3 aromatic carbocycles. The first-order chi connectivity index (χ1) is 16.6. The Bertz CT molecular complexity index is 1230. The van der Waals surface area contributed by atoms with Crippen LogP contribution in [-0.2, 0) is 6.42 Å². The summed E-state index contributed by atoms with van der Waals surface area (Å²) in [5.74, 6) is 1.30. The number of fused-ring (bicyclic) bond motifs is 1. The van der Waals surface area contributed by atoms with E-state index in [4.69, 9.17) is 20.8 Å². The quantitative estimate of drug-likeness (QED) is 0.173. The van der Waals surface area contributed by atoms with Gasteiger partial charge in [-0.25, -0.2) is 0 Å². The van der Waals surface area contributed by atoms with Gasteiger partial charge in [-0.05, 0) is 55.4 Å². The number of benzene rings is 3. The van der Waals surface area contributed by atoms with E-state index in [9.17, 15) is 4.79 Å². The van der Waals surface area contributed by atoms with Crippen molar-refractivity contribution in [1.82, 2.24) is 4.90 Å². The lowest BCUT2D eigenvalue weighted by molar-refractivity contribution is 0.103. The monoisotopic (exact) mass is 475 g/mol. The molecule has 5 heteroatoms. The Hall–Kier alpha value is -3.08. The highest BCUT2D eigenvalue weighted by Gasteiger charge is 2.23. The summed E-state index contributed by atoms with van der Waals surface area (Å²) in [4.78, 5) is 16.0. The lowest BCUT2D eigenvalue weighted by Gasteiger charge is -2.17. The first-order valence-electron chi connectivity index (χ1n) is 11.8. The van der Waals surface area contributed by atoms with Gasteiger partial charge < -0.3 is 14.1 Å². The molecule has 4 rings (SSSR count). The number of ether oxygens (including phenoxy) is 1. The molecule has 0 amide bonds. The predicted octanol–water partition coefficient (Wildman–Crippen LogP) is 7.02. The van der Waals surface area contributed by atoms with Crippen molar-refractivity contribution in [1.29, 1.82) is 0 Å². The van der Waals surface area contributed by atoms with E-state index in [2.05, 4.69) is 18.7 Å². The van der Waals surface area contributed by atoms with Crippen molar-refractivity contribution in [3.05, 3.63) is 100 Å². The van der Waals surface area contributed by atoms with Crippen molar-refractivity contribution in [3.8, 4) is 5.75 Å². The van der Waals surface area contributed by atoms with E-state index in [1.165, 1.54) is 0 Å². The Morgan fingerprint density at radius 3 is 2.38 bits per heavy atom. The topological polar surface area (TPSA) is 42.7 Å².